The van der Waals surface area contributed by atoms with Crippen molar-refractivity contribution in [2.45, 2.75) is 12.1 Å². The Hall–Kier alpha value is -2.26. The Kier molecular flexibility index (Phi) is 4.39. The molecule has 3 aromatic rings. The fraction of sp³-hybridized carbons (Fsp3) is 0.143. The summed E-state index contributed by atoms with van der Waals surface area (Å²) in [4.78, 5) is 24.5. The molecule has 0 saturated carbocycles. The van der Waals surface area contributed by atoms with Gasteiger partial charge in [0.15, 0.2) is 10.3 Å². The van der Waals surface area contributed by atoms with Gasteiger partial charge in [-0.05, 0) is 25.1 Å². The molecular formula is C14H12FN5OS2. The summed E-state index contributed by atoms with van der Waals surface area (Å²) in [6, 6.07) is 5.96. The molecular weight excluding hydrogens is 337 g/mol. The van der Waals surface area contributed by atoms with Crippen LogP contribution in [0.1, 0.15) is 5.69 Å². The van der Waals surface area contributed by atoms with E-state index in [2.05, 4.69) is 20.3 Å². The van der Waals surface area contributed by atoms with E-state index in [1.54, 1.807) is 12.1 Å². The van der Waals surface area contributed by atoms with Crippen molar-refractivity contribution in [1.82, 2.24) is 15.0 Å². The zero-order chi connectivity index (χ0) is 16.4. The van der Waals surface area contributed by atoms with Gasteiger partial charge in [0.1, 0.15) is 11.6 Å². The number of rotatable bonds is 4. The molecule has 0 aliphatic carbocycles. The number of carbonyl (C=O) groups excluding carboxylic acids is 1. The number of halogens is 1. The third-order valence-corrected chi connectivity index (χ3v) is 4.56. The molecule has 0 aliphatic rings. The fourth-order valence-electron chi connectivity index (χ4n) is 1.87. The summed E-state index contributed by atoms with van der Waals surface area (Å²) in [7, 11) is 0. The van der Waals surface area contributed by atoms with E-state index in [0.717, 1.165) is 5.69 Å². The van der Waals surface area contributed by atoms with Crippen molar-refractivity contribution in [2.75, 3.05) is 16.8 Å². The van der Waals surface area contributed by atoms with Gasteiger partial charge in [0.05, 0.1) is 16.0 Å². The van der Waals surface area contributed by atoms with Gasteiger partial charge in [-0.15, -0.1) is 0 Å². The molecule has 1 aromatic carbocycles. The Labute approximate surface area is 139 Å². The number of amides is 1. The van der Waals surface area contributed by atoms with Crippen LogP contribution in [0.2, 0.25) is 0 Å². The average molecular weight is 349 g/mol. The molecule has 0 spiro atoms. The van der Waals surface area contributed by atoms with Gasteiger partial charge in [-0.2, -0.15) is 0 Å². The standard InChI is InChI=1S/C14H12FN5OS2/c1-7-4-11(16)19-13(17-7)22-6-12(21)20-14-18-9-3-2-8(15)5-10(9)23-14/h2-5H,6H2,1H3,(H2,16,17,19)(H,18,20,21). The van der Waals surface area contributed by atoms with Crippen molar-refractivity contribution in [3.63, 3.8) is 0 Å². The van der Waals surface area contributed by atoms with Crippen LogP contribution in [-0.4, -0.2) is 26.6 Å². The van der Waals surface area contributed by atoms with Crippen molar-refractivity contribution in [3.05, 3.63) is 35.8 Å². The second kappa shape index (κ2) is 6.47. The highest BCUT2D eigenvalue weighted by Crippen LogP contribution is 2.26. The van der Waals surface area contributed by atoms with Gasteiger partial charge in [0.2, 0.25) is 5.91 Å². The maximum Gasteiger partial charge on any atom is 0.236 e. The van der Waals surface area contributed by atoms with Crippen LogP contribution in [0.3, 0.4) is 0 Å². The first-order valence-corrected chi connectivity index (χ1v) is 8.40. The van der Waals surface area contributed by atoms with Crippen LogP contribution in [-0.2, 0) is 4.79 Å². The van der Waals surface area contributed by atoms with Crippen LogP contribution in [0.15, 0.2) is 29.4 Å². The molecule has 0 fully saturated rings. The molecule has 3 rings (SSSR count). The quantitative estimate of drug-likeness (QED) is 0.556. The first-order chi connectivity index (χ1) is 11.0. The summed E-state index contributed by atoms with van der Waals surface area (Å²) in [5.74, 6) is -0.0664. The summed E-state index contributed by atoms with van der Waals surface area (Å²) in [6.07, 6.45) is 0. The molecule has 0 saturated heterocycles. The molecule has 0 atom stereocenters. The van der Waals surface area contributed by atoms with Gasteiger partial charge in [-0.1, -0.05) is 23.1 Å². The first-order valence-electron chi connectivity index (χ1n) is 6.59. The lowest BCUT2D eigenvalue weighted by Gasteiger charge is -2.03. The monoisotopic (exact) mass is 349 g/mol. The van der Waals surface area contributed by atoms with Crippen molar-refractivity contribution < 1.29 is 9.18 Å². The lowest BCUT2D eigenvalue weighted by molar-refractivity contribution is -0.113. The SMILES string of the molecule is Cc1cc(N)nc(SCC(=O)Nc2nc3ccc(F)cc3s2)n1. The van der Waals surface area contributed by atoms with E-state index in [9.17, 15) is 9.18 Å². The van der Waals surface area contributed by atoms with Crippen molar-refractivity contribution >= 4 is 50.2 Å². The number of thiazole rings is 1. The Morgan fingerprint density at radius 3 is 2.96 bits per heavy atom. The Morgan fingerprint density at radius 2 is 2.17 bits per heavy atom. The van der Waals surface area contributed by atoms with E-state index < -0.39 is 0 Å². The zero-order valence-electron chi connectivity index (χ0n) is 12.0. The van der Waals surface area contributed by atoms with Crippen molar-refractivity contribution in [3.8, 4) is 0 Å². The van der Waals surface area contributed by atoms with Crippen LogP contribution in [0.5, 0.6) is 0 Å². The molecule has 1 amide bonds. The summed E-state index contributed by atoms with van der Waals surface area (Å²) < 4.78 is 13.8. The molecule has 0 bridgehead atoms. The Balaban J connectivity index is 1.64. The molecule has 2 aromatic heterocycles. The van der Waals surface area contributed by atoms with E-state index in [1.807, 2.05) is 6.92 Å². The molecule has 2 heterocycles. The molecule has 3 N–H and O–H groups in total. The number of hydrogen-bond acceptors (Lipinski definition) is 7. The molecule has 0 radical (unpaired) electrons. The van der Waals surface area contributed by atoms with Crippen LogP contribution >= 0.6 is 23.1 Å². The molecule has 118 valence electrons. The van der Waals surface area contributed by atoms with Crippen LogP contribution in [0.4, 0.5) is 15.3 Å². The second-order valence-corrected chi connectivity index (χ2v) is 6.66. The maximum absolute atomic E-state index is 13.1. The molecule has 0 aliphatic heterocycles. The van der Waals surface area contributed by atoms with Gasteiger partial charge < -0.3 is 11.1 Å². The van der Waals surface area contributed by atoms with E-state index >= 15 is 0 Å². The Bertz CT molecular complexity index is 862. The van der Waals surface area contributed by atoms with Gasteiger partial charge in [0.25, 0.3) is 0 Å². The molecule has 0 unspecified atom stereocenters. The van der Waals surface area contributed by atoms with Gasteiger partial charge in [-0.25, -0.2) is 19.3 Å². The van der Waals surface area contributed by atoms with Crippen molar-refractivity contribution in [1.29, 1.82) is 0 Å². The normalized spacial score (nSPS) is 10.9. The van der Waals surface area contributed by atoms with E-state index in [4.69, 9.17) is 5.73 Å². The van der Waals surface area contributed by atoms with Gasteiger partial charge >= 0.3 is 0 Å². The Morgan fingerprint density at radius 1 is 1.35 bits per heavy atom. The van der Waals surface area contributed by atoms with Gasteiger partial charge in [0, 0.05) is 11.8 Å². The highest BCUT2D eigenvalue weighted by atomic mass is 32.2. The predicted octanol–water partition coefficient (Wildman–Crippen LogP) is 2.85. The molecule has 6 nitrogen and oxygen atoms in total. The average Bonchev–Trinajstić information content (AvgIpc) is 2.85. The first kappa shape index (κ1) is 15.6. The summed E-state index contributed by atoms with van der Waals surface area (Å²) in [6.45, 7) is 1.81. The number of nitrogens with one attached hydrogen (secondary N) is 1. The largest absolute Gasteiger partial charge is 0.384 e. The van der Waals surface area contributed by atoms with Crippen molar-refractivity contribution in [2.24, 2.45) is 0 Å². The van der Waals surface area contributed by atoms with Crippen LogP contribution in [0.25, 0.3) is 10.2 Å². The number of benzene rings is 1. The number of hydrogen-bond donors (Lipinski definition) is 2. The highest BCUT2D eigenvalue weighted by molar-refractivity contribution is 7.99. The minimum Gasteiger partial charge on any atom is -0.384 e. The highest BCUT2D eigenvalue weighted by Gasteiger charge is 2.10. The number of thioether (sulfide) groups is 1. The van der Waals surface area contributed by atoms with E-state index in [1.165, 1.54) is 35.2 Å². The molecule has 9 heteroatoms. The van der Waals surface area contributed by atoms with E-state index in [0.29, 0.717) is 26.3 Å². The maximum atomic E-state index is 13.1. The smallest absolute Gasteiger partial charge is 0.236 e. The predicted molar refractivity (Wildman–Crippen MR) is 90.1 cm³/mol. The van der Waals surface area contributed by atoms with Crippen LogP contribution in [0, 0.1) is 12.7 Å². The lowest BCUT2D eigenvalue weighted by Crippen LogP contribution is -2.14. The topological polar surface area (TPSA) is 93.8 Å². The number of fused-ring (bicyclic) bond motifs is 1. The number of anilines is 2. The summed E-state index contributed by atoms with van der Waals surface area (Å²) in [5.41, 5.74) is 7.03. The molecule has 23 heavy (non-hydrogen) atoms. The summed E-state index contributed by atoms with van der Waals surface area (Å²) in [5, 5.41) is 3.57. The number of carbonyl (C=O) groups is 1. The number of nitrogens with zero attached hydrogens (tertiary/aromatic N) is 3. The summed E-state index contributed by atoms with van der Waals surface area (Å²) >= 11 is 2.41. The van der Waals surface area contributed by atoms with E-state index in [-0.39, 0.29) is 17.5 Å². The number of nitrogens with two attached hydrogens (primary N) is 1. The minimum atomic E-state index is -0.330. The number of aromatic nitrogens is 3. The fourth-order valence-corrected chi connectivity index (χ4v) is 3.48. The zero-order valence-corrected chi connectivity index (χ0v) is 13.7. The minimum absolute atomic E-state index is 0.132. The third-order valence-electron chi connectivity index (χ3n) is 2.78. The van der Waals surface area contributed by atoms with Gasteiger partial charge in [-0.3, -0.25) is 4.79 Å². The second-order valence-electron chi connectivity index (χ2n) is 4.68. The number of aryl methyl sites for hydroxylation is 1. The third kappa shape index (κ3) is 3.93. The van der Waals surface area contributed by atoms with Crippen LogP contribution < -0.4 is 11.1 Å². The number of nitrogen functional groups attached to an aromatic ring is 1. The lowest BCUT2D eigenvalue weighted by atomic mass is 10.3.